The van der Waals surface area contributed by atoms with Crippen LogP contribution in [0.2, 0.25) is 0 Å². The Labute approximate surface area is 64.9 Å². The van der Waals surface area contributed by atoms with Crippen LogP contribution < -0.4 is 0 Å². The van der Waals surface area contributed by atoms with Crippen LogP contribution in [0.4, 0.5) is 0 Å². The summed E-state index contributed by atoms with van der Waals surface area (Å²) in [6.07, 6.45) is 8.43. The number of hydrogen-bond acceptors (Lipinski definition) is 2. The molecule has 1 heterocycles. The van der Waals surface area contributed by atoms with Gasteiger partial charge in [0.2, 0.25) is 0 Å². The molecule has 11 heavy (non-hydrogen) atoms. The number of hydrogen-bond donors (Lipinski definition) is 0. The first kappa shape index (κ1) is 6.40. The van der Waals surface area contributed by atoms with Gasteiger partial charge >= 0.3 is 0 Å². The molecular weight excluding hydrogens is 140 g/mol. The van der Waals surface area contributed by atoms with Crippen LogP contribution in [0.3, 0.4) is 0 Å². The highest BCUT2D eigenvalue weighted by atomic mass is 16.5. The molecule has 2 rings (SSSR count). The number of fused-ring (bicyclic) bond motifs is 1. The van der Waals surface area contributed by atoms with Crippen molar-refractivity contribution in [1.29, 1.82) is 0 Å². The molecule has 0 aromatic carbocycles. The lowest BCUT2D eigenvalue weighted by molar-refractivity contribution is -0.115. The zero-order valence-corrected chi connectivity index (χ0v) is 6.04. The minimum Gasteiger partial charge on any atom is -0.465 e. The second-order valence-corrected chi connectivity index (χ2v) is 2.61. The van der Waals surface area contributed by atoms with Gasteiger partial charge in [0.1, 0.15) is 5.76 Å². The Balaban J connectivity index is 2.37. The van der Waals surface area contributed by atoms with E-state index in [0.29, 0.717) is 6.42 Å². The smallest absolute Gasteiger partial charge is 0.159 e. The van der Waals surface area contributed by atoms with Crippen molar-refractivity contribution in [2.75, 3.05) is 0 Å². The Morgan fingerprint density at radius 2 is 2.27 bits per heavy atom. The Morgan fingerprint density at radius 1 is 1.36 bits per heavy atom. The van der Waals surface area contributed by atoms with Crippen molar-refractivity contribution in [2.45, 2.75) is 12.8 Å². The minimum absolute atomic E-state index is 0.160. The Kier molecular flexibility index (Phi) is 1.39. The lowest BCUT2D eigenvalue weighted by atomic mass is 9.98. The number of carbonyl (C=O) groups is 1. The summed E-state index contributed by atoms with van der Waals surface area (Å²) in [7, 11) is 0. The second kappa shape index (κ2) is 2.38. The number of carbonyl (C=O) groups excluding carboxylic acids is 1. The standard InChI is InChI=1S/C9H8O2/c10-8-4-3-7-2-1-5-11-9(7)6-8/h1-2,5-6H,3-4H2. The molecule has 1 aliphatic heterocycles. The van der Waals surface area contributed by atoms with Crippen LogP contribution in [-0.4, -0.2) is 5.78 Å². The average Bonchev–Trinajstić information content (AvgIpc) is 2.04. The third kappa shape index (κ3) is 1.11. The van der Waals surface area contributed by atoms with Gasteiger partial charge in [-0.3, -0.25) is 4.79 Å². The predicted octanol–water partition coefficient (Wildman–Crippen LogP) is 1.70. The molecule has 2 nitrogen and oxygen atoms in total. The van der Waals surface area contributed by atoms with E-state index in [-0.39, 0.29) is 5.78 Å². The van der Waals surface area contributed by atoms with Crippen LogP contribution in [0.15, 0.2) is 35.8 Å². The first-order chi connectivity index (χ1) is 5.36. The highest BCUT2D eigenvalue weighted by Gasteiger charge is 2.16. The summed E-state index contributed by atoms with van der Waals surface area (Å²) < 4.78 is 5.14. The van der Waals surface area contributed by atoms with Crippen LogP contribution in [0.25, 0.3) is 0 Å². The highest BCUT2D eigenvalue weighted by molar-refractivity contribution is 5.92. The van der Waals surface area contributed by atoms with Crippen molar-refractivity contribution in [1.82, 2.24) is 0 Å². The molecule has 0 aromatic heterocycles. The molecule has 2 aliphatic rings. The third-order valence-electron chi connectivity index (χ3n) is 1.82. The minimum atomic E-state index is 0.160. The fourth-order valence-corrected chi connectivity index (χ4v) is 1.24. The molecule has 0 radical (unpaired) electrons. The summed E-state index contributed by atoms with van der Waals surface area (Å²) in [5, 5.41) is 0. The van der Waals surface area contributed by atoms with E-state index in [9.17, 15) is 4.79 Å². The molecular formula is C9H8O2. The van der Waals surface area contributed by atoms with Gasteiger partial charge in [0.15, 0.2) is 5.78 Å². The Hall–Kier alpha value is -1.31. The van der Waals surface area contributed by atoms with E-state index in [1.165, 1.54) is 0 Å². The molecule has 0 spiro atoms. The van der Waals surface area contributed by atoms with Gasteiger partial charge in [-0.05, 0) is 18.1 Å². The van der Waals surface area contributed by atoms with Crippen LogP contribution in [-0.2, 0) is 9.53 Å². The topological polar surface area (TPSA) is 26.3 Å². The Bertz CT molecular complexity index is 282. The third-order valence-corrected chi connectivity index (χ3v) is 1.82. The van der Waals surface area contributed by atoms with Crippen molar-refractivity contribution in [3.8, 4) is 0 Å². The summed E-state index contributed by atoms with van der Waals surface area (Å²) in [6, 6.07) is 0. The normalized spacial score (nSPS) is 21.6. The monoisotopic (exact) mass is 148 g/mol. The fraction of sp³-hybridized carbons (Fsp3) is 0.222. The molecule has 0 atom stereocenters. The predicted molar refractivity (Wildman–Crippen MR) is 40.6 cm³/mol. The maximum atomic E-state index is 10.9. The maximum Gasteiger partial charge on any atom is 0.159 e. The van der Waals surface area contributed by atoms with Crippen molar-refractivity contribution in [2.24, 2.45) is 0 Å². The van der Waals surface area contributed by atoms with Crippen molar-refractivity contribution >= 4 is 5.78 Å². The van der Waals surface area contributed by atoms with E-state index in [0.717, 1.165) is 17.8 Å². The van der Waals surface area contributed by atoms with E-state index in [1.54, 1.807) is 12.3 Å². The zero-order chi connectivity index (χ0) is 7.68. The van der Waals surface area contributed by atoms with E-state index in [4.69, 9.17) is 4.74 Å². The summed E-state index contributed by atoms with van der Waals surface area (Å²) in [5.74, 6) is 0.885. The molecule has 0 aromatic rings. The molecule has 0 fully saturated rings. The first-order valence-corrected chi connectivity index (χ1v) is 3.63. The van der Waals surface area contributed by atoms with Crippen LogP contribution in [0, 0.1) is 0 Å². The molecule has 0 N–H and O–H groups in total. The van der Waals surface area contributed by atoms with Crippen LogP contribution >= 0.6 is 0 Å². The van der Waals surface area contributed by atoms with Gasteiger partial charge < -0.3 is 4.74 Å². The van der Waals surface area contributed by atoms with E-state index >= 15 is 0 Å². The van der Waals surface area contributed by atoms with Gasteiger partial charge in [-0.15, -0.1) is 0 Å². The van der Waals surface area contributed by atoms with Gasteiger partial charge in [-0.25, -0.2) is 0 Å². The maximum absolute atomic E-state index is 10.9. The molecule has 0 amide bonds. The van der Waals surface area contributed by atoms with Gasteiger partial charge in [-0.1, -0.05) is 6.08 Å². The number of ether oxygens (including phenoxy) is 1. The average molecular weight is 148 g/mol. The molecule has 0 bridgehead atoms. The number of allylic oxidation sites excluding steroid dienone is 4. The SMILES string of the molecule is O=C1C=C2OC=CC=C2CC1. The van der Waals surface area contributed by atoms with Crippen LogP contribution in [0.1, 0.15) is 12.8 Å². The zero-order valence-electron chi connectivity index (χ0n) is 6.04. The van der Waals surface area contributed by atoms with E-state index < -0.39 is 0 Å². The van der Waals surface area contributed by atoms with Gasteiger partial charge in [0.25, 0.3) is 0 Å². The molecule has 56 valence electrons. The van der Waals surface area contributed by atoms with E-state index in [1.807, 2.05) is 12.2 Å². The summed E-state index contributed by atoms with van der Waals surface area (Å²) in [5.41, 5.74) is 1.13. The Morgan fingerprint density at radius 3 is 3.18 bits per heavy atom. The molecule has 1 aliphatic carbocycles. The van der Waals surface area contributed by atoms with Crippen molar-refractivity contribution in [3.63, 3.8) is 0 Å². The molecule has 2 heteroatoms. The molecule has 0 unspecified atom stereocenters. The summed E-state index contributed by atoms with van der Waals surface area (Å²) in [4.78, 5) is 10.9. The van der Waals surface area contributed by atoms with Gasteiger partial charge in [0.05, 0.1) is 6.26 Å². The lowest BCUT2D eigenvalue weighted by Gasteiger charge is -2.16. The largest absolute Gasteiger partial charge is 0.465 e. The van der Waals surface area contributed by atoms with Crippen LogP contribution in [0.5, 0.6) is 0 Å². The van der Waals surface area contributed by atoms with Crippen molar-refractivity contribution < 1.29 is 9.53 Å². The van der Waals surface area contributed by atoms with Gasteiger partial charge in [-0.2, -0.15) is 0 Å². The summed E-state index contributed by atoms with van der Waals surface area (Å²) in [6.45, 7) is 0. The summed E-state index contributed by atoms with van der Waals surface area (Å²) >= 11 is 0. The van der Waals surface area contributed by atoms with Gasteiger partial charge in [0, 0.05) is 12.5 Å². The van der Waals surface area contributed by atoms with E-state index in [2.05, 4.69) is 0 Å². The van der Waals surface area contributed by atoms with Crippen molar-refractivity contribution in [3.05, 3.63) is 35.8 Å². The quantitative estimate of drug-likeness (QED) is 0.522. The number of ketones is 1. The first-order valence-electron chi connectivity index (χ1n) is 3.63. The molecule has 0 saturated carbocycles. The second-order valence-electron chi connectivity index (χ2n) is 2.61. The number of rotatable bonds is 0. The lowest BCUT2D eigenvalue weighted by Crippen LogP contribution is -2.07. The fourth-order valence-electron chi connectivity index (χ4n) is 1.24. The molecule has 0 saturated heterocycles. The highest BCUT2D eigenvalue weighted by Crippen LogP contribution is 2.25.